The third kappa shape index (κ3) is 4.59. The second-order valence-corrected chi connectivity index (χ2v) is 9.77. The van der Waals surface area contributed by atoms with Gasteiger partial charge in [-0.3, -0.25) is 0 Å². The second kappa shape index (κ2) is 8.59. The van der Waals surface area contributed by atoms with Crippen LogP contribution < -0.4 is 0 Å². The number of hydrogen-bond donors (Lipinski definition) is 0. The molecule has 0 unspecified atom stereocenters. The predicted octanol–water partition coefficient (Wildman–Crippen LogP) is 1.52. The van der Waals surface area contributed by atoms with Crippen molar-refractivity contribution < 1.29 is 21.6 Å². The smallest absolute Gasteiger partial charge is 0.243 e. The number of rotatable bonds is 8. The molecule has 2 rings (SSSR count). The molecule has 0 bridgehead atoms. The molecule has 0 aromatic heterocycles. The Morgan fingerprint density at radius 1 is 0.920 bits per heavy atom. The van der Waals surface area contributed by atoms with Gasteiger partial charge in [0.2, 0.25) is 20.0 Å². The van der Waals surface area contributed by atoms with E-state index in [2.05, 4.69) is 0 Å². The zero-order valence-electron chi connectivity index (χ0n) is 14.7. The van der Waals surface area contributed by atoms with Gasteiger partial charge in [0.1, 0.15) is 0 Å². The lowest BCUT2D eigenvalue weighted by molar-refractivity contribution is 0.0730. The zero-order chi connectivity index (χ0) is 18.5. The number of benzene rings is 1. The fourth-order valence-corrected chi connectivity index (χ4v) is 5.75. The van der Waals surface area contributed by atoms with Gasteiger partial charge in [0.25, 0.3) is 0 Å². The van der Waals surface area contributed by atoms with Crippen LogP contribution in [0, 0.1) is 0 Å². The highest BCUT2D eigenvalue weighted by molar-refractivity contribution is 7.89. The third-order valence-corrected chi connectivity index (χ3v) is 7.84. The first kappa shape index (κ1) is 20.3. The molecule has 0 N–H and O–H groups in total. The Morgan fingerprint density at radius 3 is 1.88 bits per heavy atom. The normalized spacial score (nSPS) is 17.1. The highest BCUT2D eigenvalue weighted by atomic mass is 32.2. The molecule has 1 saturated heterocycles. The summed E-state index contributed by atoms with van der Waals surface area (Å²) in [6.45, 7) is 6.11. The van der Waals surface area contributed by atoms with Gasteiger partial charge in [0.05, 0.1) is 23.0 Å². The summed E-state index contributed by atoms with van der Waals surface area (Å²) in [7, 11) is -7.23. The van der Waals surface area contributed by atoms with Crippen molar-refractivity contribution in [1.29, 1.82) is 0 Å². The predicted molar refractivity (Wildman–Crippen MR) is 95.4 cm³/mol. The highest BCUT2D eigenvalue weighted by Gasteiger charge is 2.28. The first-order chi connectivity index (χ1) is 11.8. The molecule has 0 amide bonds. The molecule has 9 heteroatoms. The van der Waals surface area contributed by atoms with Crippen LogP contribution in [0.3, 0.4) is 0 Å². The van der Waals surface area contributed by atoms with Gasteiger partial charge in [0.15, 0.2) is 0 Å². The summed E-state index contributed by atoms with van der Waals surface area (Å²) in [5.74, 6) is 0. The lowest BCUT2D eigenvalue weighted by Crippen LogP contribution is -2.40. The molecule has 1 fully saturated rings. The molecule has 0 saturated carbocycles. The van der Waals surface area contributed by atoms with E-state index in [1.54, 1.807) is 0 Å². The number of sulfonamides is 2. The summed E-state index contributed by atoms with van der Waals surface area (Å²) in [4.78, 5) is 0.223. The molecule has 1 aliphatic heterocycles. The molecular formula is C16H26N2O5S2. The third-order valence-electron chi connectivity index (χ3n) is 4.02. The van der Waals surface area contributed by atoms with Crippen LogP contribution in [0.1, 0.15) is 26.7 Å². The van der Waals surface area contributed by atoms with Crippen LogP contribution in [0.5, 0.6) is 0 Å². The topological polar surface area (TPSA) is 84.0 Å². The van der Waals surface area contributed by atoms with Crippen LogP contribution in [0.15, 0.2) is 34.1 Å². The van der Waals surface area contributed by atoms with E-state index in [9.17, 15) is 16.8 Å². The summed E-state index contributed by atoms with van der Waals surface area (Å²) in [5, 5.41) is 0. The molecule has 0 radical (unpaired) electrons. The van der Waals surface area contributed by atoms with Crippen molar-refractivity contribution >= 4 is 20.0 Å². The fraction of sp³-hybridized carbons (Fsp3) is 0.625. The quantitative estimate of drug-likeness (QED) is 0.672. The van der Waals surface area contributed by atoms with E-state index in [1.165, 1.54) is 32.9 Å². The molecule has 0 spiro atoms. The first-order valence-electron chi connectivity index (χ1n) is 8.52. The van der Waals surface area contributed by atoms with E-state index in [1.807, 2.05) is 13.8 Å². The van der Waals surface area contributed by atoms with Gasteiger partial charge >= 0.3 is 0 Å². The number of nitrogens with zero attached hydrogens (tertiary/aromatic N) is 2. The van der Waals surface area contributed by atoms with E-state index >= 15 is 0 Å². The summed E-state index contributed by atoms with van der Waals surface area (Å²) < 4.78 is 58.6. The average molecular weight is 391 g/mol. The minimum atomic E-state index is -3.62. The van der Waals surface area contributed by atoms with E-state index in [-0.39, 0.29) is 9.79 Å². The Balaban J connectivity index is 2.26. The van der Waals surface area contributed by atoms with Crippen LogP contribution in [0.2, 0.25) is 0 Å². The summed E-state index contributed by atoms with van der Waals surface area (Å²) in [6.07, 6.45) is 1.45. The van der Waals surface area contributed by atoms with Crippen LogP contribution in [0.25, 0.3) is 0 Å². The van der Waals surface area contributed by atoms with Gasteiger partial charge in [0, 0.05) is 26.2 Å². The van der Waals surface area contributed by atoms with E-state index in [0.29, 0.717) is 39.4 Å². The van der Waals surface area contributed by atoms with Crippen molar-refractivity contribution in [2.75, 3.05) is 39.4 Å². The Bertz CT molecular complexity index is 748. The molecule has 25 heavy (non-hydrogen) atoms. The van der Waals surface area contributed by atoms with E-state index in [0.717, 1.165) is 12.8 Å². The molecule has 1 aliphatic rings. The lowest BCUT2D eigenvalue weighted by atomic mass is 10.4. The van der Waals surface area contributed by atoms with Crippen molar-refractivity contribution in [2.24, 2.45) is 0 Å². The Kier molecular flexibility index (Phi) is 6.98. The maximum atomic E-state index is 12.7. The number of ether oxygens (including phenoxy) is 1. The van der Waals surface area contributed by atoms with Gasteiger partial charge in [-0.25, -0.2) is 16.8 Å². The molecule has 0 atom stereocenters. The Hall–Kier alpha value is -1.00. The largest absolute Gasteiger partial charge is 0.379 e. The summed E-state index contributed by atoms with van der Waals surface area (Å²) in [5.41, 5.74) is 0. The zero-order valence-corrected chi connectivity index (χ0v) is 16.4. The molecule has 1 heterocycles. The molecule has 142 valence electrons. The van der Waals surface area contributed by atoms with Crippen LogP contribution in [-0.4, -0.2) is 64.8 Å². The van der Waals surface area contributed by atoms with E-state index in [4.69, 9.17) is 4.74 Å². The second-order valence-electron chi connectivity index (χ2n) is 5.89. The summed E-state index contributed by atoms with van der Waals surface area (Å²) >= 11 is 0. The Morgan fingerprint density at radius 2 is 1.40 bits per heavy atom. The van der Waals surface area contributed by atoms with Gasteiger partial charge in [-0.1, -0.05) is 13.8 Å². The number of hydrogen-bond acceptors (Lipinski definition) is 5. The molecular weight excluding hydrogens is 364 g/mol. The molecule has 1 aromatic rings. The maximum Gasteiger partial charge on any atom is 0.243 e. The monoisotopic (exact) mass is 390 g/mol. The Labute approximate surface area is 150 Å². The molecule has 0 aliphatic carbocycles. The van der Waals surface area contributed by atoms with Crippen molar-refractivity contribution in [3.8, 4) is 0 Å². The van der Waals surface area contributed by atoms with Crippen molar-refractivity contribution in [2.45, 2.75) is 36.5 Å². The van der Waals surface area contributed by atoms with Crippen LogP contribution in [0.4, 0.5) is 0 Å². The van der Waals surface area contributed by atoms with Crippen molar-refractivity contribution in [3.63, 3.8) is 0 Å². The lowest BCUT2D eigenvalue weighted by Gasteiger charge is -2.26. The maximum absolute atomic E-state index is 12.7. The van der Waals surface area contributed by atoms with Gasteiger partial charge in [-0.15, -0.1) is 0 Å². The minimum Gasteiger partial charge on any atom is -0.379 e. The SMILES string of the molecule is CCCN(CCC)S(=O)(=O)c1ccc(S(=O)(=O)N2CCOCC2)cc1. The van der Waals surface area contributed by atoms with Crippen molar-refractivity contribution in [1.82, 2.24) is 8.61 Å². The standard InChI is InChI=1S/C16H26N2O5S2/c1-3-9-17(10-4-2)24(19,20)15-5-7-16(8-6-15)25(21,22)18-11-13-23-14-12-18/h5-8H,3-4,9-14H2,1-2H3. The average Bonchev–Trinajstić information content (AvgIpc) is 2.62. The van der Waals surface area contributed by atoms with E-state index < -0.39 is 20.0 Å². The fourth-order valence-electron chi connectivity index (χ4n) is 2.72. The van der Waals surface area contributed by atoms with Crippen molar-refractivity contribution in [3.05, 3.63) is 24.3 Å². The first-order valence-corrected chi connectivity index (χ1v) is 11.4. The summed E-state index contributed by atoms with van der Waals surface area (Å²) in [6, 6.07) is 5.49. The minimum absolute atomic E-state index is 0.103. The van der Waals surface area contributed by atoms with Gasteiger partial charge < -0.3 is 4.74 Å². The van der Waals surface area contributed by atoms with Crippen LogP contribution >= 0.6 is 0 Å². The van der Waals surface area contributed by atoms with Crippen LogP contribution in [-0.2, 0) is 24.8 Å². The number of morpholine rings is 1. The highest BCUT2D eigenvalue weighted by Crippen LogP contribution is 2.22. The van der Waals surface area contributed by atoms with Gasteiger partial charge in [-0.05, 0) is 37.1 Å². The van der Waals surface area contributed by atoms with Gasteiger partial charge in [-0.2, -0.15) is 8.61 Å². The molecule has 1 aromatic carbocycles. The molecule has 7 nitrogen and oxygen atoms in total.